The summed E-state index contributed by atoms with van der Waals surface area (Å²) in [6.45, 7) is 4.00. The topological polar surface area (TPSA) is 54.7 Å². The van der Waals surface area contributed by atoms with Crippen LogP contribution in [0.15, 0.2) is 53.1 Å². The molecule has 1 aromatic carbocycles. The molecule has 1 N–H and O–H groups in total. The molecule has 0 unspecified atom stereocenters. The summed E-state index contributed by atoms with van der Waals surface area (Å²) < 4.78 is 11.2. The van der Waals surface area contributed by atoms with Crippen LogP contribution in [0.2, 0.25) is 0 Å². The number of hydrogen-bond donors (Lipinski definition) is 1. The standard InChI is InChI=1S/C20H24N2O3/c23-20(18-11-17(18)19-7-4-9-25-19)21-12-16-14-22(8-10-24-16)13-15-5-2-1-3-6-15/h1-7,9,16-18H,8,10-14H2,(H,21,23)/t16-,17+,18+/m1/s1. The maximum absolute atomic E-state index is 12.3. The molecular weight excluding hydrogens is 316 g/mol. The van der Waals surface area contributed by atoms with Gasteiger partial charge >= 0.3 is 0 Å². The number of amides is 1. The molecule has 1 amide bonds. The maximum Gasteiger partial charge on any atom is 0.223 e. The van der Waals surface area contributed by atoms with E-state index >= 15 is 0 Å². The van der Waals surface area contributed by atoms with E-state index in [1.54, 1.807) is 6.26 Å². The zero-order chi connectivity index (χ0) is 17.1. The fourth-order valence-electron chi connectivity index (χ4n) is 3.54. The summed E-state index contributed by atoms with van der Waals surface area (Å²) in [5, 5.41) is 3.06. The van der Waals surface area contributed by atoms with Gasteiger partial charge in [-0.2, -0.15) is 0 Å². The number of nitrogens with one attached hydrogen (secondary N) is 1. The highest BCUT2D eigenvalue weighted by molar-refractivity contribution is 5.82. The molecule has 2 aromatic rings. The van der Waals surface area contributed by atoms with Gasteiger partial charge in [0.15, 0.2) is 0 Å². The number of nitrogens with zero attached hydrogens (tertiary/aromatic N) is 1. The molecule has 2 fully saturated rings. The first-order valence-electron chi connectivity index (χ1n) is 8.98. The third kappa shape index (κ3) is 4.11. The van der Waals surface area contributed by atoms with Gasteiger partial charge in [0.2, 0.25) is 5.91 Å². The normalized spacial score (nSPS) is 26.3. The molecular formula is C20H24N2O3. The predicted octanol–water partition coefficient (Wildman–Crippen LogP) is 2.40. The highest BCUT2D eigenvalue weighted by Crippen LogP contribution is 2.47. The number of benzene rings is 1. The van der Waals surface area contributed by atoms with Gasteiger partial charge in [-0.1, -0.05) is 30.3 Å². The lowest BCUT2D eigenvalue weighted by Gasteiger charge is -2.33. The molecule has 1 aliphatic heterocycles. The first kappa shape index (κ1) is 16.4. The van der Waals surface area contributed by atoms with E-state index < -0.39 is 0 Å². The van der Waals surface area contributed by atoms with Crippen LogP contribution < -0.4 is 5.32 Å². The zero-order valence-corrected chi connectivity index (χ0v) is 14.3. The van der Waals surface area contributed by atoms with Crippen molar-refractivity contribution in [3.63, 3.8) is 0 Å². The molecule has 0 bridgehead atoms. The van der Waals surface area contributed by atoms with Crippen molar-refractivity contribution >= 4 is 5.91 Å². The van der Waals surface area contributed by atoms with E-state index in [2.05, 4.69) is 34.5 Å². The van der Waals surface area contributed by atoms with E-state index in [1.165, 1.54) is 5.56 Å². The minimum atomic E-state index is 0.0511. The van der Waals surface area contributed by atoms with Gasteiger partial charge in [-0.3, -0.25) is 9.69 Å². The Morgan fingerprint density at radius 3 is 2.88 bits per heavy atom. The van der Waals surface area contributed by atoms with E-state index in [1.807, 2.05) is 18.2 Å². The van der Waals surface area contributed by atoms with E-state index in [4.69, 9.17) is 9.15 Å². The molecule has 1 aromatic heterocycles. The molecule has 2 aliphatic rings. The highest BCUT2D eigenvalue weighted by atomic mass is 16.5. The largest absolute Gasteiger partial charge is 0.469 e. The summed E-state index contributed by atoms with van der Waals surface area (Å²) in [4.78, 5) is 14.7. The van der Waals surface area contributed by atoms with Crippen LogP contribution in [-0.4, -0.2) is 43.2 Å². The molecule has 132 valence electrons. The first-order chi connectivity index (χ1) is 12.3. The van der Waals surface area contributed by atoms with E-state index in [9.17, 15) is 4.79 Å². The van der Waals surface area contributed by atoms with Gasteiger partial charge in [0.1, 0.15) is 5.76 Å². The Balaban J connectivity index is 1.22. The molecule has 1 saturated carbocycles. The number of morpholine rings is 1. The molecule has 3 atom stereocenters. The SMILES string of the molecule is O=C(NC[C@@H]1CN(Cc2ccccc2)CCO1)[C@H]1C[C@@H]1c1ccco1. The second-order valence-corrected chi connectivity index (χ2v) is 6.92. The molecule has 1 aliphatic carbocycles. The summed E-state index contributed by atoms with van der Waals surface area (Å²) in [5.74, 6) is 1.33. The summed E-state index contributed by atoms with van der Waals surface area (Å²) in [5.41, 5.74) is 1.31. The van der Waals surface area contributed by atoms with Crippen molar-refractivity contribution in [3.05, 3.63) is 60.1 Å². The lowest BCUT2D eigenvalue weighted by Crippen LogP contribution is -2.47. The Morgan fingerprint density at radius 1 is 1.20 bits per heavy atom. The van der Waals surface area contributed by atoms with Crippen molar-refractivity contribution in [2.24, 2.45) is 5.92 Å². The van der Waals surface area contributed by atoms with Gasteiger partial charge in [0, 0.05) is 38.0 Å². The minimum absolute atomic E-state index is 0.0511. The Morgan fingerprint density at radius 2 is 2.08 bits per heavy atom. The molecule has 5 nitrogen and oxygen atoms in total. The third-order valence-electron chi connectivity index (χ3n) is 5.01. The van der Waals surface area contributed by atoms with Gasteiger partial charge in [-0.25, -0.2) is 0 Å². The fraction of sp³-hybridized carbons (Fsp3) is 0.450. The number of ether oxygens (including phenoxy) is 1. The lowest BCUT2D eigenvalue weighted by molar-refractivity contribution is -0.123. The Kier molecular flexibility index (Phi) is 4.85. The molecule has 0 spiro atoms. The Bertz CT molecular complexity index is 686. The van der Waals surface area contributed by atoms with Gasteiger partial charge < -0.3 is 14.5 Å². The van der Waals surface area contributed by atoms with Crippen LogP contribution >= 0.6 is 0 Å². The van der Waals surface area contributed by atoms with Crippen LogP contribution in [0.4, 0.5) is 0 Å². The van der Waals surface area contributed by atoms with Gasteiger partial charge in [0.05, 0.1) is 19.0 Å². The third-order valence-corrected chi connectivity index (χ3v) is 5.01. The summed E-state index contributed by atoms with van der Waals surface area (Å²) >= 11 is 0. The van der Waals surface area contributed by atoms with E-state index in [0.29, 0.717) is 13.2 Å². The molecule has 1 saturated heterocycles. The lowest BCUT2D eigenvalue weighted by atomic mass is 10.2. The smallest absolute Gasteiger partial charge is 0.223 e. The maximum atomic E-state index is 12.3. The average Bonchev–Trinajstić information content (AvgIpc) is 3.26. The molecule has 2 heterocycles. The number of carbonyl (C=O) groups is 1. The van der Waals surface area contributed by atoms with Crippen molar-refractivity contribution in [1.82, 2.24) is 10.2 Å². The molecule has 4 rings (SSSR count). The number of hydrogen-bond acceptors (Lipinski definition) is 4. The summed E-state index contributed by atoms with van der Waals surface area (Å²) in [6.07, 6.45) is 2.60. The minimum Gasteiger partial charge on any atom is -0.469 e. The predicted molar refractivity (Wildman–Crippen MR) is 94.0 cm³/mol. The monoisotopic (exact) mass is 340 g/mol. The molecule has 5 heteroatoms. The van der Waals surface area contributed by atoms with Crippen molar-refractivity contribution < 1.29 is 13.9 Å². The van der Waals surface area contributed by atoms with Gasteiger partial charge in [-0.15, -0.1) is 0 Å². The van der Waals surface area contributed by atoms with Crippen molar-refractivity contribution in [2.75, 3.05) is 26.2 Å². The van der Waals surface area contributed by atoms with Crippen LogP contribution in [0.5, 0.6) is 0 Å². The summed E-state index contributed by atoms with van der Waals surface area (Å²) in [6, 6.07) is 14.3. The van der Waals surface area contributed by atoms with E-state index in [0.717, 1.165) is 31.8 Å². The Labute approximate surface area is 148 Å². The number of carbonyl (C=O) groups excluding carboxylic acids is 1. The quantitative estimate of drug-likeness (QED) is 0.877. The van der Waals surface area contributed by atoms with Crippen molar-refractivity contribution in [2.45, 2.75) is 25.0 Å². The molecule has 25 heavy (non-hydrogen) atoms. The van der Waals surface area contributed by atoms with Crippen LogP contribution in [0.25, 0.3) is 0 Å². The average molecular weight is 340 g/mol. The highest BCUT2D eigenvalue weighted by Gasteiger charge is 2.45. The second-order valence-electron chi connectivity index (χ2n) is 6.92. The van der Waals surface area contributed by atoms with Crippen LogP contribution in [0.3, 0.4) is 0 Å². The Hall–Kier alpha value is -2.11. The van der Waals surface area contributed by atoms with Crippen LogP contribution in [0, 0.1) is 5.92 Å². The summed E-state index contributed by atoms with van der Waals surface area (Å²) in [7, 11) is 0. The fourth-order valence-corrected chi connectivity index (χ4v) is 3.54. The van der Waals surface area contributed by atoms with E-state index in [-0.39, 0.29) is 23.8 Å². The van der Waals surface area contributed by atoms with Crippen LogP contribution in [-0.2, 0) is 16.1 Å². The number of furan rings is 1. The van der Waals surface area contributed by atoms with Crippen molar-refractivity contribution in [3.8, 4) is 0 Å². The number of rotatable bonds is 6. The zero-order valence-electron chi connectivity index (χ0n) is 14.3. The van der Waals surface area contributed by atoms with Crippen molar-refractivity contribution in [1.29, 1.82) is 0 Å². The van der Waals surface area contributed by atoms with Crippen LogP contribution in [0.1, 0.15) is 23.7 Å². The van der Waals surface area contributed by atoms with Gasteiger partial charge in [-0.05, 0) is 24.1 Å². The molecule has 0 radical (unpaired) electrons. The first-order valence-corrected chi connectivity index (χ1v) is 8.98. The van der Waals surface area contributed by atoms with Gasteiger partial charge in [0.25, 0.3) is 0 Å². The second kappa shape index (κ2) is 7.42.